The molecule has 0 aliphatic carbocycles. The van der Waals surface area contributed by atoms with Crippen LogP contribution >= 0.6 is 0 Å². The molecule has 15 heteroatoms. The number of nitrogens with zero attached hydrogens (tertiary/aromatic N) is 2. The number of ether oxygens (including phenoxy) is 1. The molecule has 1 atom stereocenters. The van der Waals surface area contributed by atoms with Crippen molar-refractivity contribution in [2.45, 2.75) is 37.5 Å². The molecule has 0 saturated carbocycles. The normalized spacial score (nSPS) is 16.6. The van der Waals surface area contributed by atoms with Gasteiger partial charge in [-0.1, -0.05) is 19.2 Å². The summed E-state index contributed by atoms with van der Waals surface area (Å²) in [6, 6.07) is 10.6. The predicted molar refractivity (Wildman–Crippen MR) is 140 cm³/mol. The Hall–Kier alpha value is -2.88. The number of aliphatic hydroxyl groups excluding tert-OH is 2. The molecular formula is C23H31F3N4O6SSi. The fourth-order valence-corrected chi connectivity index (χ4v) is 6.59. The largest absolute Gasteiger partial charge is 0.474 e. The minimum absolute atomic E-state index is 0.0138. The number of halogens is 3. The van der Waals surface area contributed by atoms with Gasteiger partial charge in [0.05, 0.1) is 37.4 Å². The van der Waals surface area contributed by atoms with Gasteiger partial charge in [0.1, 0.15) is 12.4 Å². The van der Waals surface area contributed by atoms with E-state index in [-0.39, 0.29) is 22.9 Å². The zero-order chi connectivity index (χ0) is 28.1. The zero-order valence-corrected chi connectivity index (χ0v) is 22.8. The van der Waals surface area contributed by atoms with E-state index >= 15 is 0 Å². The van der Waals surface area contributed by atoms with Gasteiger partial charge in [-0.3, -0.25) is 9.52 Å². The molecule has 1 fully saturated rings. The summed E-state index contributed by atoms with van der Waals surface area (Å²) >= 11 is 0. The van der Waals surface area contributed by atoms with Crippen molar-refractivity contribution in [2.24, 2.45) is 0 Å². The van der Waals surface area contributed by atoms with Crippen molar-refractivity contribution in [2.75, 3.05) is 47.0 Å². The lowest BCUT2D eigenvalue weighted by molar-refractivity contribution is -0.210. The fourth-order valence-electron chi connectivity index (χ4n) is 3.76. The molecule has 1 aliphatic heterocycles. The maximum Gasteiger partial charge on any atom is 0.417 e. The Balaban J connectivity index is 1.83. The quantitative estimate of drug-likeness (QED) is 0.317. The second-order valence-corrected chi connectivity index (χ2v) is 16.9. The molecular weight excluding hydrogens is 545 g/mol. The molecule has 0 radical (unpaired) electrons. The summed E-state index contributed by atoms with van der Waals surface area (Å²) in [5.41, 5.74) is 0.998. The molecule has 4 N–H and O–H groups in total. The van der Waals surface area contributed by atoms with E-state index in [2.05, 4.69) is 28.1 Å². The van der Waals surface area contributed by atoms with E-state index in [0.29, 0.717) is 18.8 Å². The standard InChI is InChI=1S/C23H31F3N4O6SSi/c1-38(2)12-8-30(9-13-38)18-14-16(29-37(34,35)11-10-31)6-7-17(18)22(33)28-20-4-3-5-21(27-20)36-15-19(32)23(24,25)26/h3-7,14,19,29,31-32H,8-13,15H2,1-2H3,(H,27,28,33)/t19-/m0/s1. The number of hydrogen-bond donors (Lipinski definition) is 4. The van der Waals surface area contributed by atoms with E-state index in [1.54, 1.807) is 6.07 Å². The van der Waals surface area contributed by atoms with Crippen LogP contribution in [0.1, 0.15) is 10.4 Å². The second-order valence-electron chi connectivity index (χ2n) is 9.71. The Morgan fingerprint density at radius 2 is 1.89 bits per heavy atom. The van der Waals surface area contributed by atoms with E-state index in [1.165, 1.54) is 30.3 Å². The number of rotatable bonds is 10. The number of alkyl halides is 3. The van der Waals surface area contributed by atoms with Crippen LogP contribution in [0.25, 0.3) is 0 Å². The van der Waals surface area contributed by atoms with Crippen LogP contribution < -0.4 is 19.7 Å². The first-order valence-corrected chi connectivity index (χ1v) is 16.9. The first kappa shape index (κ1) is 29.7. The highest BCUT2D eigenvalue weighted by Gasteiger charge is 2.38. The van der Waals surface area contributed by atoms with Crippen LogP contribution in [0.2, 0.25) is 25.2 Å². The van der Waals surface area contributed by atoms with Gasteiger partial charge < -0.3 is 25.2 Å². The van der Waals surface area contributed by atoms with Gasteiger partial charge >= 0.3 is 6.18 Å². The molecule has 38 heavy (non-hydrogen) atoms. The van der Waals surface area contributed by atoms with Crippen molar-refractivity contribution in [3.05, 3.63) is 42.0 Å². The third-order valence-electron chi connectivity index (χ3n) is 6.07. The highest BCUT2D eigenvalue weighted by molar-refractivity contribution is 7.92. The minimum Gasteiger partial charge on any atom is -0.474 e. The summed E-state index contributed by atoms with van der Waals surface area (Å²) in [4.78, 5) is 19.2. The number of sulfonamides is 1. The lowest BCUT2D eigenvalue weighted by Gasteiger charge is -2.38. The SMILES string of the molecule is C[Si]1(C)CCN(c2cc(NS(=O)(=O)CCO)ccc2C(=O)Nc2cccc(OC[C@H](O)C(F)(F)F)n2)CC1. The van der Waals surface area contributed by atoms with Gasteiger partial charge in [0, 0.05) is 19.2 Å². The van der Waals surface area contributed by atoms with Gasteiger partial charge in [0.15, 0.2) is 6.10 Å². The maximum absolute atomic E-state index is 13.2. The Bertz CT molecular complexity index is 1240. The van der Waals surface area contributed by atoms with Crippen LogP contribution in [-0.2, 0) is 10.0 Å². The number of aliphatic hydroxyl groups is 2. The number of amides is 1. The van der Waals surface area contributed by atoms with Gasteiger partial charge in [-0.2, -0.15) is 18.2 Å². The highest BCUT2D eigenvalue weighted by Crippen LogP contribution is 2.32. The molecule has 1 aromatic carbocycles. The van der Waals surface area contributed by atoms with E-state index in [0.717, 1.165) is 12.1 Å². The van der Waals surface area contributed by atoms with Crippen molar-refractivity contribution in [3.63, 3.8) is 0 Å². The lowest BCUT2D eigenvalue weighted by Crippen LogP contribution is -2.43. The summed E-state index contributed by atoms with van der Waals surface area (Å²) in [6.45, 7) is 4.35. The molecule has 3 rings (SSSR count). The van der Waals surface area contributed by atoms with E-state index in [4.69, 9.17) is 14.9 Å². The van der Waals surface area contributed by atoms with E-state index < -0.39 is 55.3 Å². The number of aromatic nitrogens is 1. The number of benzene rings is 1. The molecule has 0 bridgehead atoms. The summed E-state index contributed by atoms with van der Waals surface area (Å²) in [5.74, 6) is -1.24. The number of pyridine rings is 1. The summed E-state index contributed by atoms with van der Waals surface area (Å²) in [7, 11) is -5.14. The molecule has 0 spiro atoms. The first-order chi connectivity index (χ1) is 17.7. The van der Waals surface area contributed by atoms with Crippen LogP contribution in [0.15, 0.2) is 36.4 Å². The third-order valence-corrected chi connectivity index (χ3v) is 10.5. The second kappa shape index (κ2) is 11.9. The monoisotopic (exact) mass is 576 g/mol. The van der Waals surface area contributed by atoms with E-state index in [1.807, 2.05) is 4.90 Å². The summed E-state index contributed by atoms with van der Waals surface area (Å²) in [5, 5.41) is 20.7. The Labute approximate surface area is 219 Å². The Morgan fingerprint density at radius 1 is 1.21 bits per heavy atom. The van der Waals surface area contributed by atoms with Crippen LogP contribution in [-0.4, -0.2) is 81.9 Å². The molecule has 210 valence electrons. The number of carbonyl (C=O) groups is 1. The molecule has 1 aromatic heterocycles. The van der Waals surface area contributed by atoms with Crippen molar-refractivity contribution in [1.82, 2.24) is 4.98 Å². The van der Waals surface area contributed by atoms with E-state index in [9.17, 15) is 26.4 Å². The van der Waals surface area contributed by atoms with Crippen molar-refractivity contribution >= 4 is 41.2 Å². The number of nitrogens with one attached hydrogen (secondary N) is 2. The molecule has 1 saturated heterocycles. The van der Waals surface area contributed by atoms with Gasteiger partial charge in [-0.05, 0) is 36.4 Å². The smallest absolute Gasteiger partial charge is 0.417 e. The van der Waals surface area contributed by atoms with Crippen molar-refractivity contribution in [1.29, 1.82) is 0 Å². The molecule has 0 unspecified atom stereocenters. The topological polar surface area (TPSA) is 141 Å². The Morgan fingerprint density at radius 3 is 2.53 bits per heavy atom. The van der Waals surface area contributed by atoms with Gasteiger partial charge in [0.2, 0.25) is 15.9 Å². The number of carbonyl (C=O) groups excluding carboxylic acids is 1. The van der Waals surface area contributed by atoms with Crippen LogP contribution in [0.5, 0.6) is 5.88 Å². The highest BCUT2D eigenvalue weighted by atomic mass is 32.2. The average molecular weight is 577 g/mol. The van der Waals surface area contributed by atoms with Crippen LogP contribution in [0.4, 0.5) is 30.4 Å². The first-order valence-electron chi connectivity index (χ1n) is 11.9. The third kappa shape index (κ3) is 8.31. The lowest BCUT2D eigenvalue weighted by atomic mass is 10.1. The van der Waals surface area contributed by atoms with Crippen molar-refractivity contribution < 1.29 is 41.3 Å². The zero-order valence-electron chi connectivity index (χ0n) is 21.0. The summed E-state index contributed by atoms with van der Waals surface area (Å²) in [6.07, 6.45) is -7.52. The summed E-state index contributed by atoms with van der Waals surface area (Å²) < 4.78 is 69.2. The van der Waals surface area contributed by atoms with Gasteiger partial charge in [0.25, 0.3) is 5.91 Å². The van der Waals surface area contributed by atoms with Gasteiger partial charge in [-0.15, -0.1) is 0 Å². The molecule has 1 amide bonds. The number of anilines is 3. The Kier molecular flexibility index (Phi) is 9.28. The molecule has 2 aromatic rings. The van der Waals surface area contributed by atoms with Gasteiger partial charge in [-0.25, -0.2) is 8.42 Å². The van der Waals surface area contributed by atoms with Crippen LogP contribution in [0.3, 0.4) is 0 Å². The maximum atomic E-state index is 13.2. The molecule has 2 heterocycles. The molecule has 10 nitrogen and oxygen atoms in total. The number of hydrogen-bond acceptors (Lipinski definition) is 8. The predicted octanol–water partition coefficient (Wildman–Crippen LogP) is 2.90. The average Bonchev–Trinajstić information content (AvgIpc) is 2.81. The fraction of sp³-hybridized carbons (Fsp3) is 0.478. The van der Waals surface area contributed by atoms with Crippen molar-refractivity contribution in [3.8, 4) is 5.88 Å². The molecule has 1 aliphatic rings. The minimum atomic E-state index is -4.84. The van der Waals surface area contributed by atoms with Crippen LogP contribution in [0, 0.1) is 0 Å².